The summed E-state index contributed by atoms with van der Waals surface area (Å²) < 4.78 is 18.5. The van der Waals surface area contributed by atoms with Crippen molar-refractivity contribution in [2.24, 2.45) is 5.84 Å². The Morgan fingerprint density at radius 1 is 1.42 bits per heavy atom. The summed E-state index contributed by atoms with van der Waals surface area (Å²) in [5.41, 5.74) is 3.13. The summed E-state index contributed by atoms with van der Waals surface area (Å²) in [6.45, 7) is 0.372. The first-order chi connectivity index (χ1) is 9.22. The highest BCUT2D eigenvalue weighted by Gasteiger charge is 2.06. The molecule has 0 saturated heterocycles. The first-order valence-electron chi connectivity index (χ1n) is 5.45. The number of nitrogens with zero attached hydrogens (tertiary/aromatic N) is 3. The summed E-state index contributed by atoms with van der Waals surface area (Å²) in [5, 5.41) is 2.85. The number of hydrogen-bond donors (Lipinski definition) is 3. The molecule has 7 nitrogen and oxygen atoms in total. The van der Waals surface area contributed by atoms with Gasteiger partial charge in [-0.15, -0.1) is 0 Å². The normalized spacial score (nSPS) is 10.1. The topological polar surface area (TPSA) is 98.0 Å². The predicted molar refractivity (Wildman–Crippen MR) is 67.9 cm³/mol. The summed E-state index contributed by atoms with van der Waals surface area (Å²) in [7, 11) is 1.53. The van der Waals surface area contributed by atoms with E-state index in [2.05, 4.69) is 25.7 Å². The van der Waals surface area contributed by atoms with Crippen molar-refractivity contribution in [3.63, 3.8) is 0 Å². The Bertz CT molecular complexity index is 565. The summed E-state index contributed by atoms with van der Waals surface area (Å²) in [5.74, 6) is 5.30. The highest BCUT2D eigenvalue weighted by atomic mass is 19.1. The van der Waals surface area contributed by atoms with E-state index in [1.807, 2.05) is 0 Å². The highest BCUT2D eigenvalue weighted by molar-refractivity contribution is 5.41. The van der Waals surface area contributed by atoms with Crippen molar-refractivity contribution in [2.75, 3.05) is 17.9 Å². The third-order valence-electron chi connectivity index (χ3n) is 2.34. The van der Waals surface area contributed by atoms with Gasteiger partial charge < -0.3 is 10.1 Å². The van der Waals surface area contributed by atoms with Crippen molar-refractivity contribution >= 4 is 11.8 Å². The lowest BCUT2D eigenvalue weighted by Gasteiger charge is -2.08. The summed E-state index contributed by atoms with van der Waals surface area (Å²) >= 11 is 0. The van der Waals surface area contributed by atoms with Crippen LogP contribution in [0, 0.1) is 5.82 Å². The zero-order chi connectivity index (χ0) is 13.7. The van der Waals surface area contributed by atoms with Gasteiger partial charge in [-0.2, -0.15) is 4.98 Å². The minimum absolute atomic E-state index is 0.0683. The molecule has 100 valence electrons. The lowest BCUT2D eigenvalue weighted by molar-refractivity contribution is 0.397. The van der Waals surface area contributed by atoms with E-state index >= 15 is 0 Å². The van der Waals surface area contributed by atoms with Crippen LogP contribution in [0.2, 0.25) is 0 Å². The molecule has 0 aliphatic rings. The number of nitrogens with two attached hydrogens (primary N) is 1. The third kappa shape index (κ3) is 3.26. The average molecular weight is 264 g/mol. The number of anilines is 2. The molecular weight excluding hydrogens is 251 g/mol. The molecule has 2 heterocycles. The van der Waals surface area contributed by atoms with Crippen LogP contribution in [0.4, 0.5) is 16.2 Å². The molecule has 0 bridgehead atoms. The van der Waals surface area contributed by atoms with E-state index in [1.165, 1.54) is 7.11 Å². The lowest BCUT2D eigenvalue weighted by Crippen LogP contribution is -2.13. The Balaban J connectivity index is 2.09. The lowest BCUT2D eigenvalue weighted by atomic mass is 10.2. The van der Waals surface area contributed by atoms with Gasteiger partial charge in [-0.1, -0.05) is 0 Å². The number of hydrogen-bond acceptors (Lipinski definition) is 7. The zero-order valence-corrected chi connectivity index (χ0v) is 10.2. The van der Waals surface area contributed by atoms with Gasteiger partial charge >= 0.3 is 0 Å². The monoisotopic (exact) mass is 264 g/mol. The summed E-state index contributed by atoms with van der Waals surface area (Å²) in [6, 6.07) is 3.53. The smallest absolute Gasteiger partial charge is 0.239 e. The maximum Gasteiger partial charge on any atom is 0.239 e. The Morgan fingerprint density at radius 2 is 2.26 bits per heavy atom. The number of rotatable bonds is 5. The van der Waals surface area contributed by atoms with Gasteiger partial charge in [-0.25, -0.2) is 20.2 Å². The Hall–Kier alpha value is -2.48. The van der Waals surface area contributed by atoms with Crippen LogP contribution in [-0.4, -0.2) is 22.1 Å². The van der Waals surface area contributed by atoms with Crippen molar-refractivity contribution in [3.8, 4) is 5.88 Å². The van der Waals surface area contributed by atoms with Crippen LogP contribution < -0.4 is 21.3 Å². The van der Waals surface area contributed by atoms with Crippen molar-refractivity contribution < 1.29 is 9.13 Å². The maximum atomic E-state index is 13.5. The molecular formula is C11H13FN6O. The van der Waals surface area contributed by atoms with Crippen molar-refractivity contribution in [1.82, 2.24) is 15.0 Å². The number of pyridine rings is 1. The van der Waals surface area contributed by atoms with E-state index in [0.717, 1.165) is 11.8 Å². The minimum Gasteiger partial charge on any atom is -0.481 e. The van der Waals surface area contributed by atoms with Gasteiger partial charge in [0.25, 0.3) is 0 Å². The van der Waals surface area contributed by atoms with Crippen LogP contribution in [0.5, 0.6) is 5.88 Å². The molecule has 8 heteroatoms. The predicted octanol–water partition coefficient (Wildman–Crippen LogP) is 0.917. The van der Waals surface area contributed by atoms with Crippen LogP contribution in [0.25, 0.3) is 0 Å². The Labute approximate surface area is 109 Å². The second-order valence-electron chi connectivity index (χ2n) is 3.59. The van der Waals surface area contributed by atoms with Crippen LogP contribution in [0.3, 0.4) is 0 Å². The second kappa shape index (κ2) is 5.91. The quantitative estimate of drug-likeness (QED) is 0.545. The van der Waals surface area contributed by atoms with Gasteiger partial charge in [0, 0.05) is 18.8 Å². The standard InChI is InChI=1S/C11H13FN6O/c1-19-9-4-7(2-3-14-9)5-15-10-8(12)6-16-11(17-10)18-13/h2-4,6H,5,13H2,1H3,(H2,15,16,17,18). The molecule has 0 aliphatic carbocycles. The molecule has 0 saturated carbocycles. The number of nitrogen functional groups attached to an aromatic ring is 1. The van der Waals surface area contributed by atoms with E-state index in [9.17, 15) is 4.39 Å². The first kappa shape index (κ1) is 13.0. The van der Waals surface area contributed by atoms with Crippen LogP contribution in [0.1, 0.15) is 5.56 Å². The molecule has 0 aromatic carbocycles. The molecule has 19 heavy (non-hydrogen) atoms. The number of methoxy groups -OCH3 is 1. The van der Waals surface area contributed by atoms with Crippen molar-refractivity contribution in [1.29, 1.82) is 0 Å². The Kier molecular flexibility index (Phi) is 4.04. The van der Waals surface area contributed by atoms with Gasteiger partial charge in [0.15, 0.2) is 11.6 Å². The van der Waals surface area contributed by atoms with Gasteiger partial charge in [-0.3, -0.25) is 5.43 Å². The largest absolute Gasteiger partial charge is 0.481 e. The molecule has 2 aromatic rings. The van der Waals surface area contributed by atoms with Gasteiger partial charge in [0.1, 0.15) is 0 Å². The molecule has 0 aliphatic heterocycles. The zero-order valence-electron chi connectivity index (χ0n) is 10.2. The molecule has 2 rings (SSSR count). The fourth-order valence-electron chi connectivity index (χ4n) is 1.42. The molecule has 2 aromatic heterocycles. The van der Waals surface area contributed by atoms with Crippen molar-refractivity contribution in [3.05, 3.63) is 35.9 Å². The highest BCUT2D eigenvalue weighted by Crippen LogP contribution is 2.14. The third-order valence-corrected chi connectivity index (χ3v) is 2.34. The van der Waals surface area contributed by atoms with Gasteiger partial charge in [0.05, 0.1) is 13.3 Å². The number of ether oxygens (including phenoxy) is 1. The second-order valence-corrected chi connectivity index (χ2v) is 3.59. The number of nitrogens with one attached hydrogen (secondary N) is 2. The van der Waals surface area contributed by atoms with Crippen LogP contribution in [-0.2, 0) is 6.54 Å². The SMILES string of the molecule is COc1cc(CNc2nc(NN)ncc2F)ccn1. The van der Waals surface area contributed by atoms with Gasteiger partial charge in [-0.05, 0) is 11.6 Å². The molecule has 4 N–H and O–H groups in total. The van der Waals surface area contributed by atoms with E-state index in [1.54, 1.807) is 18.3 Å². The first-order valence-corrected chi connectivity index (χ1v) is 5.45. The molecule has 0 unspecified atom stereocenters. The number of hydrazine groups is 1. The Morgan fingerprint density at radius 3 is 3.00 bits per heavy atom. The number of aromatic nitrogens is 3. The number of halogens is 1. The molecule has 0 atom stereocenters. The fraction of sp³-hybridized carbons (Fsp3) is 0.182. The molecule has 0 amide bonds. The van der Waals surface area contributed by atoms with E-state index in [4.69, 9.17) is 10.6 Å². The summed E-state index contributed by atoms with van der Waals surface area (Å²) in [4.78, 5) is 11.5. The fourth-order valence-corrected chi connectivity index (χ4v) is 1.42. The average Bonchev–Trinajstić information content (AvgIpc) is 2.46. The van der Waals surface area contributed by atoms with Crippen molar-refractivity contribution in [2.45, 2.75) is 6.54 Å². The molecule has 0 fully saturated rings. The minimum atomic E-state index is -0.556. The summed E-state index contributed by atoms with van der Waals surface area (Å²) in [6.07, 6.45) is 2.65. The molecule has 0 radical (unpaired) electrons. The van der Waals surface area contributed by atoms with E-state index in [-0.39, 0.29) is 11.8 Å². The maximum absolute atomic E-state index is 13.5. The van der Waals surface area contributed by atoms with E-state index in [0.29, 0.717) is 12.4 Å². The van der Waals surface area contributed by atoms with Crippen LogP contribution >= 0.6 is 0 Å². The molecule has 0 spiro atoms. The van der Waals surface area contributed by atoms with Gasteiger partial charge in [0.2, 0.25) is 11.8 Å². The van der Waals surface area contributed by atoms with Crippen LogP contribution in [0.15, 0.2) is 24.5 Å². The van der Waals surface area contributed by atoms with E-state index < -0.39 is 5.82 Å².